The molecule has 0 aromatic carbocycles. The third-order valence-electron chi connectivity index (χ3n) is 2.76. The second kappa shape index (κ2) is 4.01. The Hall–Kier alpha value is 0.310. The highest BCUT2D eigenvalue weighted by atomic mass is 32.2. The van der Waals surface area contributed by atoms with Crippen molar-refractivity contribution in [1.82, 2.24) is 5.32 Å². The fourth-order valence-electron chi connectivity index (χ4n) is 1.06. The lowest BCUT2D eigenvalue weighted by Gasteiger charge is -2.27. The zero-order chi connectivity index (χ0) is 9.19. The number of nitrogens with one attached hydrogen (secondary N) is 1. The van der Waals surface area contributed by atoms with Crippen LogP contribution in [0.3, 0.4) is 0 Å². The van der Waals surface area contributed by atoms with Gasteiger partial charge in [-0.1, -0.05) is 27.7 Å². The Balaban J connectivity index is 2.04. The third kappa shape index (κ3) is 3.81. The Kier molecular flexibility index (Phi) is 3.47. The van der Waals surface area contributed by atoms with Crippen LogP contribution in [0.4, 0.5) is 0 Å². The highest BCUT2D eigenvalue weighted by Crippen LogP contribution is 2.29. The second-order valence-electron chi connectivity index (χ2n) is 4.83. The maximum absolute atomic E-state index is 3.52. The van der Waals surface area contributed by atoms with Crippen molar-refractivity contribution in [2.75, 3.05) is 12.3 Å². The van der Waals surface area contributed by atoms with Crippen molar-refractivity contribution in [2.45, 2.75) is 39.5 Å². The normalized spacial score (nSPS) is 25.5. The molecule has 1 unspecified atom stereocenters. The molecule has 0 bridgehead atoms. The van der Waals surface area contributed by atoms with E-state index in [9.17, 15) is 0 Å². The molecule has 1 nitrogen and oxygen atoms in total. The van der Waals surface area contributed by atoms with Crippen LogP contribution in [-0.4, -0.2) is 17.7 Å². The minimum absolute atomic E-state index is 0.471. The first-order valence-electron chi connectivity index (χ1n) is 4.85. The molecule has 0 radical (unpaired) electrons. The van der Waals surface area contributed by atoms with E-state index < -0.39 is 0 Å². The summed E-state index contributed by atoms with van der Waals surface area (Å²) in [5, 5.41) is 4.31. The molecule has 1 fully saturated rings. The van der Waals surface area contributed by atoms with Crippen molar-refractivity contribution < 1.29 is 0 Å². The topological polar surface area (TPSA) is 12.0 Å². The zero-order valence-corrected chi connectivity index (χ0v) is 9.50. The smallest absolute Gasteiger partial charge is 0.0625 e. The minimum atomic E-state index is 0.471. The first kappa shape index (κ1) is 10.4. The largest absolute Gasteiger partial charge is 0.305 e. The van der Waals surface area contributed by atoms with Gasteiger partial charge in [0.2, 0.25) is 0 Å². The molecule has 0 amide bonds. The molecule has 1 aliphatic heterocycles. The van der Waals surface area contributed by atoms with Gasteiger partial charge < -0.3 is 5.32 Å². The van der Waals surface area contributed by atoms with Crippen LogP contribution >= 0.6 is 11.8 Å². The molecule has 2 atom stereocenters. The molecular formula is C10H21NS. The van der Waals surface area contributed by atoms with E-state index in [-0.39, 0.29) is 0 Å². The summed E-state index contributed by atoms with van der Waals surface area (Å²) in [6.45, 7) is 10.5. The molecule has 72 valence electrons. The summed E-state index contributed by atoms with van der Waals surface area (Å²) in [5.41, 5.74) is 0.471. The van der Waals surface area contributed by atoms with Crippen LogP contribution in [0.2, 0.25) is 0 Å². The Bertz CT molecular complexity index is 135. The van der Waals surface area contributed by atoms with Crippen LogP contribution in [0.1, 0.15) is 34.1 Å². The van der Waals surface area contributed by atoms with Crippen LogP contribution in [0.25, 0.3) is 0 Å². The van der Waals surface area contributed by atoms with Crippen molar-refractivity contribution in [1.29, 1.82) is 0 Å². The third-order valence-corrected chi connectivity index (χ3v) is 3.59. The summed E-state index contributed by atoms with van der Waals surface area (Å²) in [6, 6.07) is 0. The van der Waals surface area contributed by atoms with Gasteiger partial charge in [0.25, 0.3) is 0 Å². The summed E-state index contributed by atoms with van der Waals surface area (Å²) >= 11 is 2.02. The molecule has 0 saturated carbocycles. The van der Waals surface area contributed by atoms with Crippen molar-refractivity contribution in [2.24, 2.45) is 11.3 Å². The molecule has 1 aliphatic rings. The lowest BCUT2D eigenvalue weighted by molar-refractivity contribution is 0.245. The van der Waals surface area contributed by atoms with E-state index >= 15 is 0 Å². The first-order valence-corrected chi connectivity index (χ1v) is 5.90. The Morgan fingerprint density at radius 1 is 1.50 bits per heavy atom. The van der Waals surface area contributed by atoms with Crippen molar-refractivity contribution >= 4 is 11.8 Å². The van der Waals surface area contributed by atoms with Crippen LogP contribution in [-0.2, 0) is 0 Å². The molecule has 1 heterocycles. The summed E-state index contributed by atoms with van der Waals surface area (Å²) in [7, 11) is 0. The van der Waals surface area contributed by atoms with Crippen molar-refractivity contribution in [3.05, 3.63) is 0 Å². The fraction of sp³-hybridized carbons (Fsp3) is 1.00. The lowest BCUT2D eigenvalue weighted by Crippen LogP contribution is -2.24. The summed E-state index contributed by atoms with van der Waals surface area (Å²) < 4.78 is 0. The summed E-state index contributed by atoms with van der Waals surface area (Å²) in [4.78, 5) is 0. The highest BCUT2D eigenvalue weighted by molar-refractivity contribution is 8.06. The molecule has 0 aromatic rings. The molecule has 0 aromatic heterocycles. The van der Waals surface area contributed by atoms with Crippen LogP contribution in [0, 0.1) is 11.3 Å². The number of hydrogen-bond acceptors (Lipinski definition) is 2. The second-order valence-corrected chi connectivity index (χ2v) is 6.07. The van der Waals surface area contributed by atoms with Crippen LogP contribution < -0.4 is 5.32 Å². The fourth-order valence-corrected chi connectivity index (χ4v) is 1.51. The SMILES string of the molecule is C[C@@H](CCNC1CS1)C(C)(C)C. The molecule has 0 aliphatic carbocycles. The molecule has 1 saturated heterocycles. The Morgan fingerprint density at radius 2 is 2.08 bits per heavy atom. The van der Waals surface area contributed by atoms with Gasteiger partial charge in [-0.25, -0.2) is 0 Å². The van der Waals surface area contributed by atoms with Gasteiger partial charge in [0, 0.05) is 5.75 Å². The van der Waals surface area contributed by atoms with Gasteiger partial charge in [0.05, 0.1) is 5.37 Å². The average molecular weight is 187 g/mol. The maximum atomic E-state index is 3.52. The van der Waals surface area contributed by atoms with Gasteiger partial charge in [0.1, 0.15) is 0 Å². The minimum Gasteiger partial charge on any atom is -0.305 e. The van der Waals surface area contributed by atoms with E-state index in [1.807, 2.05) is 11.8 Å². The van der Waals surface area contributed by atoms with Gasteiger partial charge in [-0.15, -0.1) is 11.8 Å². The number of hydrogen-bond donors (Lipinski definition) is 1. The van der Waals surface area contributed by atoms with Crippen LogP contribution in [0.15, 0.2) is 0 Å². The van der Waals surface area contributed by atoms with E-state index in [1.165, 1.54) is 18.7 Å². The predicted molar refractivity (Wildman–Crippen MR) is 57.5 cm³/mol. The number of rotatable bonds is 4. The highest BCUT2D eigenvalue weighted by Gasteiger charge is 2.23. The quantitative estimate of drug-likeness (QED) is 0.679. The molecule has 1 rings (SSSR count). The summed E-state index contributed by atoms with van der Waals surface area (Å²) in [5.74, 6) is 2.14. The average Bonchev–Trinajstić information content (AvgIpc) is 2.69. The molecular weight excluding hydrogens is 166 g/mol. The van der Waals surface area contributed by atoms with Gasteiger partial charge in [0.15, 0.2) is 0 Å². The van der Waals surface area contributed by atoms with Gasteiger partial charge in [-0.05, 0) is 24.3 Å². The maximum Gasteiger partial charge on any atom is 0.0625 e. The molecule has 12 heavy (non-hydrogen) atoms. The van der Waals surface area contributed by atoms with Gasteiger partial charge >= 0.3 is 0 Å². The molecule has 1 N–H and O–H groups in total. The predicted octanol–water partition coefficient (Wildman–Crippen LogP) is 2.72. The first-order chi connectivity index (χ1) is 5.50. The van der Waals surface area contributed by atoms with Crippen molar-refractivity contribution in [3.63, 3.8) is 0 Å². The van der Waals surface area contributed by atoms with E-state index in [0.29, 0.717) is 5.41 Å². The number of thioether (sulfide) groups is 1. The Labute approximate surface area is 80.7 Å². The Morgan fingerprint density at radius 3 is 2.50 bits per heavy atom. The van der Waals surface area contributed by atoms with E-state index in [2.05, 4.69) is 33.0 Å². The molecule has 2 heteroatoms. The van der Waals surface area contributed by atoms with Crippen LogP contribution in [0.5, 0.6) is 0 Å². The van der Waals surface area contributed by atoms with Gasteiger partial charge in [-0.2, -0.15) is 0 Å². The van der Waals surface area contributed by atoms with Gasteiger partial charge in [-0.3, -0.25) is 0 Å². The standard InChI is InChI=1S/C10H21NS/c1-8(10(2,3)4)5-6-11-9-7-12-9/h8-9,11H,5-7H2,1-4H3/t8-,9?/m0/s1. The summed E-state index contributed by atoms with van der Waals surface area (Å²) in [6.07, 6.45) is 1.31. The lowest BCUT2D eigenvalue weighted by atomic mass is 9.80. The van der Waals surface area contributed by atoms with E-state index in [0.717, 1.165) is 11.3 Å². The van der Waals surface area contributed by atoms with Crippen molar-refractivity contribution in [3.8, 4) is 0 Å². The monoisotopic (exact) mass is 187 g/mol. The molecule has 0 spiro atoms. The van der Waals surface area contributed by atoms with E-state index in [4.69, 9.17) is 0 Å². The van der Waals surface area contributed by atoms with E-state index in [1.54, 1.807) is 0 Å². The zero-order valence-electron chi connectivity index (χ0n) is 8.68.